The third kappa shape index (κ3) is 4.93. The standard InChI is InChI=1S/C20H14Cl2F2N2O3/c1-28-18-8-16(24)15(23)6-11(18)9-26-20(27)13-10-25-5-4-17(13)29-19-7-12(21)2-3-14(19)22/h2-8,10H,9H2,1H3,(H,26,27). The Kier molecular flexibility index (Phi) is 6.51. The molecule has 9 heteroatoms. The van der Waals surface area contributed by atoms with Gasteiger partial charge in [0.1, 0.15) is 22.8 Å². The van der Waals surface area contributed by atoms with Crippen molar-refractivity contribution >= 4 is 29.1 Å². The molecule has 3 aromatic rings. The van der Waals surface area contributed by atoms with E-state index >= 15 is 0 Å². The number of ether oxygens (including phenoxy) is 2. The summed E-state index contributed by atoms with van der Waals surface area (Å²) in [6.45, 7) is -0.106. The molecular weight excluding hydrogens is 425 g/mol. The van der Waals surface area contributed by atoms with Gasteiger partial charge in [-0.3, -0.25) is 9.78 Å². The molecule has 1 N–H and O–H groups in total. The summed E-state index contributed by atoms with van der Waals surface area (Å²) in [6, 6.07) is 8.04. The minimum atomic E-state index is -1.05. The van der Waals surface area contributed by atoms with Crippen LogP contribution in [0.25, 0.3) is 0 Å². The molecule has 2 aromatic carbocycles. The predicted octanol–water partition coefficient (Wildman–Crippen LogP) is 5.40. The van der Waals surface area contributed by atoms with Crippen molar-refractivity contribution in [2.75, 3.05) is 7.11 Å². The Bertz CT molecular complexity index is 1060. The number of carbonyl (C=O) groups is 1. The van der Waals surface area contributed by atoms with Gasteiger partial charge in [0.15, 0.2) is 11.6 Å². The number of carbonyl (C=O) groups excluding carboxylic acids is 1. The Morgan fingerprint density at radius 2 is 1.83 bits per heavy atom. The van der Waals surface area contributed by atoms with Gasteiger partial charge in [0.05, 0.1) is 12.1 Å². The molecule has 0 spiro atoms. The zero-order valence-corrected chi connectivity index (χ0v) is 16.5. The number of nitrogens with zero attached hydrogens (tertiary/aromatic N) is 1. The number of hydrogen-bond donors (Lipinski definition) is 1. The summed E-state index contributed by atoms with van der Waals surface area (Å²) in [4.78, 5) is 16.6. The zero-order valence-electron chi connectivity index (χ0n) is 15.0. The lowest BCUT2D eigenvalue weighted by atomic mass is 10.1. The van der Waals surface area contributed by atoms with Crippen LogP contribution in [0, 0.1) is 11.6 Å². The van der Waals surface area contributed by atoms with E-state index in [1.807, 2.05) is 0 Å². The van der Waals surface area contributed by atoms with E-state index in [1.54, 1.807) is 12.1 Å². The molecule has 0 aliphatic heterocycles. The van der Waals surface area contributed by atoms with Crippen molar-refractivity contribution < 1.29 is 23.0 Å². The minimum absolute atomic E-state index is 0.106. The van der Waals surface area contributed by atoms with Gasteiger partial charge in [-0.1, -0.05) is 23.2 Å². The lowest BCUT2D eigenvalue weighted by Crippen LogP contribution is -2.24. The van der Waals surface area contributed by atoms with Gasteiger partial charge in [-0.15, -0.1) is 0 Å². The fraction of sp³-hybridized carbons (Fsp3) is 0.100. The van der Waals surface area contributed by atoms with Gasteiger partial charge in [0, 0.05) is 41.7 Å². The second-order valence-electron chi connectivity index (χ2n) is 5.81. The molecule has 1 heterocycles. The molecule has 0 saturated heterocycles. The van der Waals surface area contributed by atoms with E-state index in [0.29, 0.717) is 10.0 Å². The molecule has 0 unspecified atom stereocenters. The topological polar surface area (TPSA) is 60.5 Å². The Labute approximate surface area is 175 Å². The van der Waals surface area contributed by atoms with Crippen LogP contribution in [0.1, 0.15) is 15.9 Å². The second-order valence-corrected chi connectivity index (χ2v) is 6.65. The van der Waals surface area contributed by atoms with Crippen LogP contribution in [0.4, 0.5) is 8.78 Å². The molecule has 0 aliphatic carbocycles. The number of methoxy groups -OCH3 is 1. The van der Waals surface area contributed by atoms with Crippen LogP contribution in [0.15, 0.2) is 48.8 Å². The average molecular weight is 439 g/mol. The molecule has 1 amide bonds. The second kappa shape index (κ2) is 9.07. The van der Waals surface area contributed by atoms with Gasteiger partial charge in [-0.25, -0.2) is 8.78 Å². The maximum absolute atomic E-state index is 13.5. The molecule has 0 aliphatic rings. The number of aromatic nitrogens is 1. The number of hydrogen-bond acceptors (Lipinski definition) is 4. The summed E-state index contributed by atoms with van der Waals surface area (Å²) in [7, 11) is 1.32. The minimum Gasteiger partial charge on any atom is -0.496 e. The van der Waals surface area contributed by atoms with Gasteiger partial charge < -0.3 is 14.8 Å². The number of pyridine rings is 1. The quantitative estimate of drug-likeness (QED) is 0.559. The average Bonchev–Trinajstić information content (AvgIpc) is 2.71. The fourth-order valence-electron chi connectivity index (χ4n) is 2.48. The van der Waals surface area contributed by atoms with Crippen molar-refractivity contribution in [2.24, 2.45) is 0 Å². The van der Waals surface area contributed by atoms with Crippen LogP contribution in [0.2, 0.25) is 10.0 Å². The first-order valence-electron chi connectivity index (χ1n) is 8.26. The molecule has 150 valence electrons. The van der Waals surface area contributed by atoms with E-state index < -0.39 is 17.5 Å². The molecule has 0 fully saturated rings. The maximum atomic E-state index is 13.5. The molecule has 0 atom stereocenters. The van der Waals surface area contributed by atoms with E-state index in [1.165, 1.54) is 31.6 Å². The number of benzene rings is 2. The van der Waals surface area contributed by atoms with E-state index in [-0.39, 0.29) is 34.9 Å². The van der Waals surface area contributed by atoms with Crippen LogP contribution in [-0.4, -0.2) is 18.0 Å². The van der Waals surface area contributed by atoms with Gasteiger partial charge in [-0.2, -0.15) is 0 Å². The van der Waals surface area contributed by atoms with Crippen molar-refractivity contribution in [1.82, 2.24) is 10.3 Å². The third-order valence-corrected chi connectivity index (χ3v) is 4.45. The molecule has 29 heavy (non-hydrogen) atoms. The highest BCUT2D eigenvalue weighted by Gasteiger charge is 2.17. The van der Waals surface area contributed by atoms with Crippen LogP contribution in [0.3, 0.4) is 0 Å². The summed E-state index contributed by atoms with van der Waals surface area (Å²) in [5, 5.41) is 3.32. The molecule has 0 saturated carbocycles. The maximum Gasteiger partial charge on any atom is 0.256 e. The highest BCUT2D eigenvalue weighted by molar-refractivity contribution is 6.34. The molecule has 0 bridgehead atoms. The predicted molar refractivity (Wildman–Crippen MR) is 105 cm³/mol. The first kappa shape index (κ1) is 20.8. The van der Waals surface area contributed by atoms with Gasteiger partial charge in [0.2, 0.25) is 0 Å². The normalized spacial score (nSPS) is 10.5. The van der Waals surface area contributed by atoms with E-state index in [4.69, 9.17) is 32.7 Å². The van der Waals surface area contributed by atoms with E-state index in [0.717, 1.165) is 12.1 Å². The monoisotopic (exact) mass is 438 g/mol. The highest BCUT2D eigenvalue weighted by atomic mass is 35.5. The van der Waals surface area contributed by atoms with Crippen molar-refractivity contribution in [3.8, 4) is 17.2 Å². The van der Waals surface area contributed by atoms with E-state index in [2.05, 4.69) is 10.3 Å². The van der Waals surface area contributed by atoms with Crippen molar-refractivity contribution in [3.63, 3.8) is 0 Å². The summed E-state index contributed by atoms with van der Waals surface area (Å²) >= 11 is 12.1. The Morgan fingerprint density at radius 3 is 2.59 bits per heavy atom. The largest absolute Gasteiger partial charge is 0.496 e. The van der Waals surface area contributed by atoms with Crippen LogP contribution in [0.5, 0.6) is 17.2 Å². The van der Waals surface area contributed by atoms with E-state index in [9.17, 15) is 13.6 Å². The summed E-state index contributed by atoms with van der Waals surface area (Å²) in [5.41, 5.74) is 0.383. The molecule has 5 nitrogen and oxygen atoms in total. The first-order valence-corrected chi connectivity index (χ1v) is 9.01. The fourth-order valence-corrected chi connectivity index (χ4v) is 2.80. The van der Waals surface area contributed by atoms with Crippen LogP contribution in [-0.2, 0) is 6.54 Å². The Balaban J connectivity index is 1.80. The Hall–Kier alpha value is -2.90. The molecular formula is C20H14Cl2F2N2O3. The zero-order chi connectivity index (χ0) is 21.0. The smallest absolute Gasteiger partial charge is 0.256 e. The SMILES string of the molecule is COc1cc(F)c(F)cc1CNC(=O)c1cnccc1Oc1cc(Cl)ccc1Cl. The lowest BCUT2D eigenvalue weighted by Gasteiger charge is -2.13. The molecule has 0 radical (unpaired) electrons. The van der Waals surface area contributed by atoms with Crippen molar-refractivity contribution in [1.29, 1.82) is 0 Å². The van der Waals surface area contributed by atoms with Gasteiger partial charge in [-0.05, 0) is 24.3 Å². The molecule has 3 rings (SSSR count). The van der Waals surface area contributed by atoms with Gasteiger partial charge in [0.25, 0.3) is 5.91 Å². The molecule has 1 aromatic heterocycles. The van der Waals surface area contributed by atoms with Crippen molar-refractivity contribution in [3.05, 3.63) is 81.6 Å². The number of rotatable bonds is 6. The van der Waals surface area contributed by atoms with Gasteiger partial charge >= 0.3 is 0 Å². The first-order chi connectivity index (χ1) is 13.9. The summed E-state index contributed by atoms with van der Waals surface area (Å²) < 4.78 is 37.6. The lowest BCUT2D eigenvalue weighted by molar-refractivity contribution is 0.0948. The number of amides is 1. The number of nitrogens with one attached hydrogen (secondary N) is 1. The highest BCUT2D eigenvalue weighted by Crippen LogP contribution is 2.33. The van der Waals surface area contributed by atoms with Crippen LogP contribution >= 0.6 is 23.2 Å². The third-order valence-electron chi connectivity index (χ3n) is 3.90. The Morgan fingerprint density at radius 1 is 1.07 bits per heavy atom. The summed E-state index contributed by atoms with van der Waals surface area (Å²) in [5.74, 6) is -2.06. The summed E-state index contributed by atoms with van der Waals surface area (Å²) in [6.07, 6.45) is 2.76. The number of halogens is 4. The van der Waals surface area contributed by atoms with Crippen LogP contribution < -0.4 is 14.8 Å². The van der Waals surface area contributed by atoms with Crippen molar-refractivity contribution in [2.45, 2.75) is 6.54 Å².